The van der Waals surface area contributed by atoms with Crippen molar-refractivity contribution in [2.75, 3.05) is 0 Å². The third-order valence-corrected chi connectivity index (χ3v) is 10.7. The lowest BCUT2D eigenvalue weighted by atomic mass is 9.84. The zero-order valence-corrected chi connectivity index (χ0v) is 28.6. The smallest absolute Gasteiger partial charge is 0.00261 e. The zero-order chi connectivity index (χ0) is 34.4. The van der Waals surface area contributed by atoms with Crippen LogP contribution in [0.5, 0.6) is 0 Å². The van der Waals surface area contributed by atoms with E-state index < -0.39 is 0 Å². The van der Waals surface area contributed by atoms with E-state index in [-0.39, 0.29) is 0 Å². The highest BCUT2D eigenvalue weighted by Gasteiger charge is 2.18. The van der Waals surface area contributed by atoms with E-state index in [1.165, 1.54) is 98.7 Å². The molecule has 0 fully saturated rings. The van der Waals surface area contributed by atoms with Crippen LogP contribution in [-0.2, 0) is 0 Å². The van der Waals surface area contributed by atoms with E-state index in [1.807, 2.05) is 0 Å². The molecule has 0 aliphatic heterocycles. The standard InChI is InChI=1S/C52H34/c1-3-13-35(14-4-1)36-23-25-37(26-24-36)38-27-29-40(30-28-38)52-47-22-12-11-21-46(47)51(39-15-5-2-6-16-39)48-32-31-42(34-50(48)52)49-33-41-17-7-8-18-43(41)44-19-9-10-20-45(44)49/h1-34H. The molecule has 0 radical (unpaired) electrons. The van der Waals surface area contributed by atoms with Gasteiger partial charge in [0.05, 0.1) is 0 Å². The molecule has 0 atom stereocenters. The molecule has 242 valence electrons. The van der Waals surface area contributed by atoms with Crippen LogP contribution in [0.25, 0.3) is 98.7 Å². The Labute approximate surface area is 303 Å². The fourth-order valence-electron chi connectivity index (χ4n) is 8.18. The Morgan fingerprint density at radius 1 is 0.192 bits per heavy atom. The molecule has 0 heterocycles. The van der Waals surface area contributed by atoms with Gasteiger partial charge in [0, 0.05) is 0 Å². The molecule has 52 heavy (non-hydrogen) atoms. The molecule has 0 unspecified atom stereocenters. The number of rotatable bonds is 5. The molecule has 0 amide bonds. The van der Waals surface area contributed by atoms with Crippen molar-refractivity contribution < 1.29 is 0 Å². The second-order valence-corrected chi connectivity index (χ2v) is 13.6. The lowest BCUT2D eigenvalue weighted by Crippen LogP contribution is -1.92. The Bertz CT molecular complexity index is 2900. The minimum atomic E-state index is 1.21. The average molecular weight is 659 g/mol. The Morgan fingerprint density at radius 2 is 0.577 bits per heavy atom. The first kappa shape index (κ1) is 30.1. The normalized spacial score (nSPS) is 11.5. The van der Waals surface area contributed by atoms with Gasteiger partial charge in [-0.15, -0.1) is 0 Å². The third kappa shape index (κ3) is 5.08. The minimum absolute atomic E-state index is 1.21. The van der Waals surface area contributed by atoms with Crippen LogP contribution in [0.4, 0.5) is 0 Å². The first-order chi connectivity index (χ1) is 25.8. The van der Waals surface area contributed by atoms with Crippen LogP contribution in [0.3, 0.4) is 0 Å². The van der Waals surface area contributed by atoms with Gasteiger partial charge < -0.3 is 0 Å². The van der Waals surface area contributed by atoms with Gasteiger partial charge in [-0.05, 0) is 111 Å². The van der Waals surface area contributed by atoms with Crippen LogP contribution in [0.1, 0.15) is 0 Å². The quantitative estimate of drug-likeness (QED) is 0.128. The van der Waals surface area contributed by atoms with Crippen molar-refractivity contribution in [3.8, 4) is 55.6 Å². The van der Waals surface area contributed by atoms with Gasteiger partial charge in [-0.2, -0.15) is 0 Å². The minimum Gasteiger partial charge on any atom is -0.0622 e. The zero-order valence-electron chi connectivity index (χ0n) is 28.6. The maximum Gasteiger partial charge on any atom is -0.00261 e. The molecule has 0 aliphatic carbocycles. The summed E-state index contributed by atoms with van der Waals surface area (Å²) in [6.45, 7) is 0. The SMILES string of the molecule is c1ccc(-c2ccc(-c3ccc(-c4c5ccccc5c(-c5ccccc5)c5ccc(-c6cc7ccccc7c7ccccc67)cc45)cc3)cc2)cc1. The first-order valence-electron chi connectivity index (χ1n) is 18.0. The third-order valence-electron chi connectivity index (χ3n) is 10.7. The largest absolute Gasteiger partial charge is 0.0622 e. The highest BCUT2D eigenvalue weighted by Crippen LogP contribution is 2.46. The molecule has 0 spiro atoms. The van der Waals surface area contributed by atoms with Gasteiger partial charge in [0.1, 0.15) is 0 Å². The Kier molecular flexibility index (Phi) is 7.25. The summed E-state index contributed by atoms with van der Waals surface area (Å²) in [4.78, 5) is 0. The highest BCUT2D eigenvalue weighted by atomic mass is 14.2. The van der Waals surface area contributed by atoms with Crippen LogP contribution in [0, 0.1) is 0 Å². The second-order valence-electron chi connectivity index (χ2n) is 13.6. The summed E-state index contributed by atoms with van der Waals surface area (Å²) >= 11 is 0. The summed E-state index contributed by atoms with van der Waals surface area (Å²) < 4.78 is 0. The molecule has 0 N–H and O–H groups in total. The summed E-state index contributed by atoms with van der Waals surface area (Å²) in [5.41, 5.74) is 12.4. The maximum atomic E-state index is 2.44. The van der Waals surface area contributed by atoms with Crippen LogP contribution in [-0.4, -0.2) is 0 Å². The summed E-state index contributed by atoms with van der Waals surface area (Å²) in [6, 6.07) is 75.5. The predicted molar refractivity (Wildman–Crippen MR) is 224 cm³/mol. The van der Waals surface area contributed by atoms with Crippen molar-refractivity contribution in [1.82, 2.24) is 0 Å². The molecule has 10 rings (SSSR count). The van der Waals surface area contributed by atoms with Gasteiger partial charge in [0.2, 0.25) is 0 Å². The van der Waals surface area contributed by atoms with Gasteiger partial charge in [0.25, 0.3) is 0 Å². The molecule has 0 heteroatoms. The van der Waals surface area contributed by atoms with E-state index in [9.17, 15) is 0 Å². The van der Waals surface area contributed by atoms with Crippen molar-refractivity contribution in [2.45, 2.75) is 0 Å². The predicted octanol–water partition coefficient (Wildman–Crippen LogP) is 14.6. The van der Waals surface area contributed by atoms with Crippen LogP contribution < -0.4 is 0 Å². The number of hydrogen-bond donors (Lipinski definition) is 0. The highest BCUT2D eigenvalue weighted by molar-refractivity contribution is 6.22. The Balaban J connectivity index is 1.19. The van der Waals surface area contributed by atoms with E-state index in [4.69, 9.17) is 0 Å². The molecular formula is C52H34. The van der Waals surface area contributed by atoms with Gasteiger partial charge in [-0.25, -0.2) is 0 Å². The van der Waals surface area contributed by atoms with Gasteiger partial charge in [0.15, 0.2) is 0 Å². The lowest BCUT2D eigenvalue weighted by Gasteiger charge is -2.19. The van der Waals surface area contributed by atoms with E-state index in [0.29, 0.717) is 0 Å². The number of fused-ring (bicyclic) bond motifs is 5. The molecule has 0 saturated heterocycles. The van der Waals surface area contributed by atoms with Crippen molar-refractivity contribution in [3.63, 3.8) is 0 Å². The fourth-order valence-corrected chi connectivity index (χ4v) is 8.18. The summed E-state index contributed by atoms with van der Waals surface area (Å²) in [5, 5.41) is 10.1. The van der Waals surface area contributed by atoms with E-state index in [1.54, 1.807) is 0 Å². The van der Waals surface area contributed by atoms with Crippen molar-refractivity contribution in [2.24, 2.45) is 0 Å². The lowest BCUT2D eigenvalue weighted by molar-refractivity contribution is 1.59. The molecule has 0 aromatic heterocycles. The molecule has 0 aliphatic rings. The topological polar surface area (TPSA) is 0 Å². The second kappa shape index (κ2) is 12.5. The van der Waals surface area contributed by atoms with Gasteiger partial charge >= 0.3 is 0 Å². The number of benzene rings is 10. The molecule has 10 aromatic carbocycles. The molecule has 0 bridgehead atoms. The van der Waals surface area contributed by atoms with Crippen LogP contribution >= 0.6 is 0 Å². The van der Waals surface area contributed by atoms with Crippen LogP contribution in [0.15, 0.2) is 206 Å². The molecule has 0 nitrogen and oxygen atoms in total. The molecule has 10 aromatic rings. The van der Waals surface area contributed by atoms with Gasteiger partial charge in [-0.3, -0.25) is 0 Å². The molecule has 0 saturated carbocycles. The summed E-state index contributed by atoms with van der Waals surface area (Å²) in [7, 11) is 0. The molecular weight excluding hydrogens is 625 g/mol. The van der Waals surface area contributed by atoms with Crippen molar-refractivity contribution in [1.29, 1.82) is 0 Å². The Morgan fingerprint density at radius 3 is 1.19 bits per heavy atom. The summed E-state index contributed by atoms with van der Waals surface area (Å²) in [6.07, 6.45) is 0. The maximum absolute atomic E-state index is 2.44. The van der Waals surface area contributed by atoms with E-state index in [2.05, 4.69) is 206 Å². The van der Waals surface area contributed by atoms with Gasteiger partial charge in [-0.1, -0.05) is 194 Å². The van der Waals surface area contributed by atoms with E-state index >= 15 is 0 Å². The average Bonchev–Trinajstić information content (AvgIpc) is 3.23. The van der Waals surface area contributed by atoms with Crippen molar-refractivity contribution >= 4 is 43.1 Å². The van der Waals surface area contributed by atoms with Crippen molar-refractivity contribution in [3.05, 3.63) is 206 Å². The van der Waals surface area contributed by atoms with E-state index in [0.717, 1.165) is 0 Å². The van der Waals surface area contributed by atoms with Crippen LogP contribution in [0.2, 0.25) is 0 Å². The summed E-state index contributed by atoms with van der Waals surface area (Å²) in [5.74, 6) is 0. The fraction of sp³-hybridized carbons (Fsp3) is 0. The number of hydrogen-bond acceptors (Lipinski definition) is 0. The first-order valence-corrected chi connectivity index (χ1v) is 18.0. The Hall–Kier alpha value is -6.76. The monoisotopic (exact) mass is 658 g/mol.